The molecule has 0 radical (unpaired) electrons. The van der Waals surface area contributed by atoms with Gasteiger partial charge in [0.25, 0.3) is 0 Å². The Balaban J connectivity index is 2.14. The zero-order valence-corrected chi connectivity index (χ0v) is 11.4. The summed E-state index contributed by atoms with van der Waals surface area (Å²) in [6.07, 6.45) is 2.91. The van der Waals surface area contributed by atoms with Gasteiger partial charge in [0.1, 0.15) is 5.82 Å². The van der Waals surface area contributed by atoms with Crippen LogP contribution in [0.15, 0.2) is 18.3 Å². The number of nitriles is 1. The van der Waals surface area contributed by atoms with E-state index in [1.54, 1.807) is 12.1 Å². The van der Waals surface area contributed by atoms with Crippen molar-refractivity contribution < 1.29 is 0 Å². The highest BCUT2D eigenvalue weighted by Gasteiger charge is 2.06. The third kappa shape index (κ3) is 3.10. The van der Waals surface area contributed by atoms with Gasteiger partial charge in [-0.3, -0.25) is 4.68 Å². The summed E-state index contributed by atoms with van der Waals surface area (Å²) in [5.41, 5.74) is 3.70. The Bertz CT molecular complexity index is 621. The molecule has 2 heterocycles. The Labute approximate surface area is 112 Å². The third-order valence-corrected chi connectivity index (χ3v) is 2.87. The Morgan fingerprint density at radius 1 is 1.42 bits per heavy atom. The SMILES string of the molecule is CCc1nn(C)cc1CNc1cc(C#N)cc(C)n1. The second-order valence-electron chi connectivity index (χ2n) is 4.48. The Morgan fingerprint density at radius 2 is 2.21 bits per heavy atom. The van der Waals surface area contributed by atoms with E-state index in [1.165, 1.54) is 0 Å². The van der Waals surface area contributed by atoms with Crippen LogP contribution in [0.25, 0.3) is 0 Å². The lowest BCUT2D eigenvalue weighted by molar-refractivity contribution is 0.746. The smallest absolute Gasteiger partial charge is 0.127 e. The Morgan fingerprint density at radius 3 is 2.89 bits per heavy atom. The van der Waals surface area contributed by atoms with Gasteiger partial charge in [-0.1, -0.05) is 6.92 Å². The molecule has 0 unspecified atom stereocenters. The molecule has 0 saturated heterocycles. The topological polar surface area (TPSA) is 66.5 Å². The molecule has 1 N–H and O–H groups in total. The molecular weight excluding hydrogens is 238 g/mol. The van der Waals surface area contributed by atoms with Gasteiger partial charge in [0, 0.05) is 31.0 Å². The quantitative estimate of drug-likeness (QED) is 0.909. The molecule has 0 aliphatic rings. The average Bonchev–Trinajstić information content (AvgIpc) is 2.76. The average molecular weight is 255 g/mol. The molecule has 0 spiro atoms. The van der Waals surface area contributed by atoms with Crippen LogP contribution in [0.3, 0.4) is 0 Å². The summed E-state index contributed by atoms with van der Waals surface area (Å²) in [4.78, 5) is 4.37. The molecule has 2 rings (SSSR count). The second-order valence-corrected chi connectivity index (χ2v) is 4.48. The fraction of sp³-hybridized carbons (Fsp3) is 0.357. The van der Waals surface area contributed by atoms with Crippen molar-refractivity contribution in [1.82, 2.24) is 14.8 Å². The minimum atomic E-state index is 0.622. The summed E-state index contributed by atoms with van der Waals surface area (Å²) in [5, 5.41) is 16.6. The second kappa shape index (κ2) is 5.53. The van der Waals surface area contributed by atoms with Crippen LogP contribution >= 0.6 is 0 Å². The normalized spacial score (nSPS) is 10.2. The molecule has 98 valence electrons. The molecule has 2 aromatic heterocycles. The van der Waals surface area contributed by atoms with Crippen molar-refractivity contribution >= 4 is 5.82 Å². The van der Waals surface area contributed by atoms with Gasteiger partial charge in [0.15, 0.2) is 0 Å². The van der Waals surface area contributed by atoms with E-state index in [1.807, 2.05) is 24.9 Å². The van der Waals surface area contributed by atoms with Crippen molar-refractivity contribution in [2.45, 2.75) is 26.8 Å². The van der Waals surface area contributed by atoms with Gasteiger partial charge < -0.3 is 5.32 Å². The lowest BCUT2D eigenvalue weighted by Gasteiger charge is -2.06. The van der Waals surface area contributed by atoms with Crippen LogP contribution < -0.4 is 5.32 Å². The van der Waals surface area contributed by atoms with E-state index in [2.05, 4.69) is 28.4 Å². The van der Waals surface area contributed by atoms with Crippen molar-refractivity contribution in [2.75, 3.05) is 5.32 Å². The lowest BCUT2D eigenvalue weighted by Crippen LogP contribution is -2.03. The zero-order chi connectivity index (χ0) is 13.8. The predicted molar refractivity (Wildman–Crippen MR) is 73.6 cm³/mol. The molecule has 0 aliphatic heterocycles. The van der Waals surface area contributed by atoms with E-state index in [9.17, 15) is 0 Å². The maximum absolute atomic E-state index is 8.94. The van der Waals surface area contributed by atoms with Crippen LogP contribution in [0.2, 0.25) is 0 Å². The van der Waals surface area contributed by atoms with E-state index in [0.29, 0.717) is 12.1 Å². The van der Waals surface area contributed by atoms with Crippen LogP contribution in [0.1, 0.15) is 29.4 Å². The van der Waals surface area contributed by atoms with Crippen molar-refractivity contribution in [3.63, 3.8) is 0 Å². The number of nitrogens with one attached hydrogen (secondary N) is 1. The highest BCUT2D eigenvalue weighted by molar-refractivity contribution is 5.44. The minimum absolute atomic E-state index is 0.622. The van der Waals surface area contributed by atoms with E-state index in [0.717, 1.165) is 29.2 Å². The first kappa shape index (κ1) is 13.1. The summed E-state index contributed by atoms with van der Waals surface area (Å²) in [5.74, 6) is 0.724. The van der Waals surface area contributed by atoms with Gasteiger partial charge in [0.05, 0.1) is 17.3 Å². The standard InChI is InChI=1S/C14H17N5/c1-4-13-12(9-19(3)18-13)8-16-14-6-11(7-15)5-10(2)17-14/h5-6,9H,4,8H2,1-3H3,(H,16,17). The van der Waals surface area contributed by atoms with E-state index in [4.69, 9.17) is 5.26 Å². The van der Waals surface area contributed by atoms with Crippen LogP contribution in [-0.2, 0) is 20.0 Å². The van der Waals surface area contributed by atoms with Gasteiger partial charge in [-0.25, -0.2) is 4.98 Å². The number of hydrogen-bond donors (Lipinski definition) is 1. The predicted octanol–water partition coefficient (Wildman–Crippen LogP) is 2.17. The molecule has 2 aromatic rings. The van der Waals surface area contributed by atoms with Crippen molar-refractivity contribution in [3.05, 3.63) is 40.8 Å². The molecule has 0 atom stereocenters. The number of aryl methyl sites for hydroxylation is 3. The molecule has 5 heteroatoms. The van der Waals surface area contributed by atoms with Gasteiger partial charge in [-0.15, -0.1) is 0 Å². The van der Waals surface area contributed by atoms with Crippen LogP contribution in [0.5, 0.6) is 0 Å². The first-order valence-corrected chi connectivity index (χ1v) is 6.26. The molecule has 0 fully saturated rings. The van der Waals surface area contributed by atoms with Crippen molar-refractivity contribution in [2.24, 2.45) is 7.05 Å². The Hall–Kier alpha value is -2.35. The molecule has 0 amide bonds. The summed E-state index contributed by atoms with van der Waals surface area (Å²) in [6.45, 7) is 4.64. The maximum Gasteiger partial charge on any atom is 0.127 e. The maximum atomic E-state index is 8.94. The number of aromatic nitrogens is 3. The Kier molecular flexibility index (Phi) is 3.81. The minimum Gasteiger partial charge on any atom is -0.366 e. The van der Waals surface area contributed by atoms with Gasteiger partial charge in [0.2, 0.25) is 0 Å². The number of rotatable bonds is 4. The van der Waals surface area contributed by atoms with Gasteiger partial charge >= 0.3 is 0 Å². The van der Waals surface area contributed by atoms with Crippen LogP contribution in [0.4, 0.5) is 5.82 Å². The van der Waals surface area contributed by atoms with Crippen molar-refractivity contribution in [1.29, 1.82) is 5.26 Å². The highest BCUT2D eigenvalue weighted by Crippen LogP contribution is 2.13. The van der Waals surface area contributed by atoms with Gasteiger partial charge in [-0.2, -0.15) is 10.4 Å². The van der Waals surface area contributed by atoms with E-state index in [-0.39, 0.29) is 0 Å². The molecule has 0 aliphatic carbocycles. The monoisotopic (exact) mass is 255 g/mol. The molecule has 0 aromatic carbocycles. The molecule has 5 nitrogen and oxygen atoms in total. The van der Waals surface area contributed by atoms with E-state index < -0.39 is 0 Å². The molecule has 19 heavy (non-hydrogen) atoms. The summed E-state index contributed by atoms with van der Waals surface area (Å²) >= 11 is 0. The first-order valence-electron chi connectivity index (χ1n) is 6.26. The molecular formula is C14H17N5. The lowest BCUT2D eigenvalue weighted by atomic mass is 10.2. The van der Waals surface area contributed by atoms with Crippen LogP contribution in [0, 0.1) is 18.3 Å². The fourth-order valence-electron chi connectivity index (χ4n) is 2.04. The third-order valence-electron chi connectivity index (χ3n) is 2.87. The number of hydrogen-bond acceptors (Lipinski definition) is 4. The number of pyridine rings is 1. The van der Waals surface area contributed by atoms with Crippen molar-refractivity contribution in [3.8, 4) is 6.07 Å². The number of anilines is 1. The fourth-order valence-corrected chi connectivity index (χ4v) is 2.04. The van der Waals surface area contributed by atoms with Crippen LogP contribution in [-0.4, -0.2) is 14.8 Å². The van der Waals surface area contributed by atoms with Gasteiger partial charge in [-0.05, 0) is 25.5 Å². The number of nitrogens with zero attached hydrogens (tertiary/aromatic N) is 4. The van der Waals surface area contributed by atoms with E-state index >= 15 is 0 Å². The molecule has 0 saturated carbocycles. The zero-order valence-electron chi connectivity index (χ0n) is 11.4. The summed E-state index contributed by atoms with van der Waals surface area (Å²) < 4.78 is 1.82. The summed E-state index contributed by atoms with van der Waals surface area (Å²) in [6, 6.07) is 5.67. The largest absolute Gasteiger partial charge is 0.366 e. The summed E-state index contributed by atoms with van der Waals surface area (Å²) in [7, 11) is 1.92. The highest BCUT2D eigenvalue weighted by atomic mass is 15.3. The molecule has 0 bridgehead atoms. The first-order chi connectivity index (χ1) is 9.12.